The van der Waals surface area contributed by atoms with E-state index in [1.165, 1.54) is 0 Å². The maximum absolute atomic E-state index is 11.8. The number of rotatable bonds is 5. The van der Waals surface area contributed by atoms with Crippen molar-refractivity contribution in [1.82, 2.24) is 0 Å². The number of aliphatic hydroxyl groups excluding tert-OH is 1. The molecule has 0 radical (unpaired) electrons. The van der Waals surface area contributed by atoms with E-state index in [4.69, 9.17) is 4.74 Å². The largest absolute Gasteiger partial charge is 0.483 e. The lowest BCUT2D eigenvalue weighted by atomic mass is 10.1. The highest BCUT2D eigenvalue weighted by Crippen LogP contribution is 2.24. The molecule has 0 heterocycles. The van der Waals surface area contributed by atoms with Crippen LogP contribution < -0.4 is 10.1 Å². The fourth-order valence-corrected chi connectivity index (χ4v) is 1.82. The van der Waals surface area contributed by atoms with Crippen molar-refractivity contribution in [3.63, 3.8) is 0 Å². The number of ether oxygens (including phenoxy) is 1. The molecule has 1 atom stereocenters. The average Bonchev–Trinajstić information content (AvgIpc) is 2.46. The zero-order valence-corrected chi connectivity index (χ0v) is 11.2. The predicted octanol–water partition coefficient (Wildman–Crippen LogP) is 2.76. The first-order valence-electron chi connectivity index (χ1n) is 6.41. The molecule has 0 fully saturated rings. The fourth-order valence-electron chi connectivity index (χ4n) is 1.82. The van der Waals surface area contributed by atoms with E-state index in [1.807, 2.05) is 36.4 Å². The van der Waals surface area contributed by atoms with Gasteiger partial charge in [0.05, 0.1) is 6.10 Å². The van der Waals surface area contributed by atoms with Gasteiger partial charge >= 0.3 is 0 Å². The van der Waals surface area contributed by atoms with Gasteiger partial charge in [-0.1, -0.05) is 36.4 Å². The van der Waals surface area contributed by atoms with Crippen molar-refractivity contribution < 1.29 is 14.6 Å². The number of anilines is 1. The van der Waals surface area contributed by atoms with Crippen LogP contribution in [0.25, 0.3) is 0 Å². The van der Waals surface area contributed by atoms with Gasteiger partial charge in [0.2, 0.25) is 0 Å². The number of para-hydroxylation sites is 2. The lowest BCUT2D eigenvalue weighted by molar-refractivity contribution is -0.118. The highest BCUT2D eigenvalue weighted by Gasteiger charge is 2.10. The number of hydrogen-bond acceptors (Lipinski definition) is 3. The lowest BCUT2D eigenvalue weighted by Gasteiger charge is -2.13. The first kappa shape index (κ1) is 14.1. The number of benzene rings is 2. The van der Waals surface area contributed by atoms with E-state index in [9.17, 15) is 9.90 Å². The highest BCUT2D eigenvalue weighted by molar-refractivity contribution is 5.91. The Morgan fingerprint density at radius 1 is 1.15 bits per heavy atom. The molecule has 20 heavy (non-hydrogen) atoms. The summed E-state index contributed by atoms with van der Waals surface area (Å²) in [6.45, 7) is 1.56. The van der Waals surface area contributed by atoms with E-state index in [-0.39, 0.29) is 12.5 Å². The molecule has 0 aliphatic carbocycles. The summed E-state index contributed by atoms with van der Waals surface area (Å²) in [5.74, 6) is 0.280. The Bertz CT molecular complexity index is 567. The summed E-state index contributed by atoms with van der Waals surface area (Å²) >= 11 is 0. The molecule has 0 saturated heterocycles. The number of hydrogen-bond donors (Lipinski definition) is 2. The summed E-state index contributed by atoms with van der Waals surface area (Å²) in [6.07, 6.45) is -0.636. The molecule has 1 amide bonds. The third-order valence-electron chi connectivity index (χ3n) is 2.79. The SMILES string of the molecule is C[C@@H](O)c1ccccc1OCC(=O)Nc1ccccc1. The van der Waals surface area contributed by atoms with Crippen LogP contribution in [-0.2, 0) is 4.79 Å². The van der Waals surface area contributed by atoms with Crippen LogP contribution in [0.3, 0.4) is 0 Å². The minimum atomic E-state index is -0.636. The molecule has 0 aliphatic rings. The quantitative estimate of drug-likeness (QED) is 0.879. The second-order valence-corrected chi connectivity index (χ2v) is 4.42. The van der Waals surface area contributed by atoms with Crippen molar-refractivity contribution in [2.75, 3.05) is 11.9 Å². The number of carbonyl (C=O) groups is 1. The summed E-state index contributed by atoms with van der Waals surface area (Å²) in [5.41, 5.74) is 1.39. The number of nitrogens with one attached hydrogen (secondary N) is 1. The van der Waals surface area contributed by atoms with E-state index in [1.54, 1.807) is 25.1 Å². The standard InChI is InChI=1S/C16H17NO3/c1-12(18)14-9-5-6-10-15(14)20-11-16(19)17-13-7-3-2-4-8-13/h2-10,12,18H,11H2,1H3,(H,17,19)/t12-/m1/s1. The molecule has 0 spiro atoms. The van der Waals surface area contributed by atoms with Gasteiger partial charge in [0.25, 0.3) is 5.91 Å². The molecule has 4 nitrogen and oxygen atoms in total. The van der Waals surface area contributed by atoms with Gasteiger partial charge in [0.15, 0.2) is 6.61 Å². The second kappa shape index (κ2) is 6.73. The van der Waals surface area contributed by atoms with Crippen molar-refractivity contribution in [3.8, 4) is 5.75 Å². The average molecular weight is 271 g/mol. The van der Waals surface area contributed by atoms with Gasteiger partial charge in [-0.15, -0.1) is 0 Å². The normalized spacial score (nSPS) is 11.7. The lowest BCUT2D eigenvalue weighted by Crippen LogP contribution is -2.20. The van der Waals surface area contributed by atoms with Crippen LogP contribution in [0.15, 0.2) is 54.6 Å². The summed E-state index contributed by atoms with van der Waals surface area (Å²) in [6, 6.07) is 16.3. The monoisotopic (exact) mass is 271 g/mol. The van der Waals surface area contributed by atoms with Crippen LogP contribution in [0.2, 0.25) is 0 Å². The number of aliphatic hydroxyl groups is 1. The van der Waals surface area contributed by atoms with Crippen LogP contribution in [0.4, 0.5) is 5.69 Å². The Kier molecular flexibility index (Phi) is 4.74. The molecule has 0 saturated carbocycles. The molecule has 0 unspecified atom stereocenters. The Hall–Kier alpha value is -2.33. The molecular formula is C16H17NO3. The van der Waals surface area contributed by atoms with Gasteiger partial charge in [-0.05, 0) is 25.1 Å². The van der Waals surface area contributed by atoms with E-state index >= 15 is 0 Å². The Morgan fingerprint density at radius 3 is 2.50 bits per heavy atom. The summed E-state index contributed by atoms with van der Waals surface area (Å²) in [4.78, 5) is 11.8. The summed E-state index contributed by atoms with van der Waals surface area (Å²) in [5, 5.41) is 12.4. The maximum atomic E-state index is 11.8. The number of carbonyl (C=O) groups excluding carboxylic acids is 1. The molecular weight excluding hydrogens is 254 g/mol. The molecule has 2 aromatic carbocycles. The van der Waals surface area contributed by atoms with E-state index in [0.717, 1.165) is 5.69 Å². The van der Waals surface area contributed by atoms with E-state index in [2.05, 4.69) is 5.32 Å². The molecule has 2 N–H and O–H groups in total. The predicted molar refractivity (Wildman–Crippen MR) is 77.6 cm³/mol. The van der Waals surface area contributed by atoms with Gasteiger partial charge in [0, 0.05) is 11.3 Å². The topological polar surface area (TPSA) is 58.6 Å². The van der Waals surface area contributed by atoms with Crippen molar-refractivity contribution in [1.29, 1.82) is 0 Å². The molecule has 4 heteroatoms. The molecule has 0 aliphatic heterocycles. The Balaban J connectivity index is 1.94. The van der Waals surface area contributed by atoms with Crippen molar-refractivity contribution in [2.45, 2.75) is 13.0 Å². The van der Waals surface area contributed by atoms with Gasteiger partial charge < -0.3 is 15.2 Å². The Labute approximate surface area is 118 Å². The van der Waals surface area contributed by atoms with Crippen LogP contribution >= 0.6 is 0 Å². The Morgan fingerprint density at radius 2 is 1.80 bits per heavy atom. The summed E-state index contributed by atoms with van der Waals surface area (Å²) < 4.78 is 5.46. The first-order valence-corrected chi connectivity index (χ1v) is 6.41. The van der Waals surface area contributed by atoms with Crippen molar-refractivity contribution in [3.05, 3.63) is 60.2 Å². The van der Waals surface area contributed by atoms with E-state index in [0.29, 0.717) is 11.3 Å². The molecule has 2 rings (SSSR count). The van der Waals surface area contributed by atoms with Gasteiger partial charge in [-0.25, -0.2) is 0 Å². The molecule has 2 aromatic rings. The van der Waals surface area contributed by atoms with Crippen LogP contribution in [-0.4, -0.2) is 17.6 Å². The van der Waals surface area contributed by atoms with Gasteiger partial charge in [-0.2, -0.15) is 0 Å². The third kappa shape index (κ3) is 3.83. The minimum absolute atomic E-state index is 0.0986. The van der Waals surface area contributed by atoms with Crippen LogP contribution in [0, 0.1) is 0 Å². The van der Waals surface area contributed by atoms with Crippen molar-refractivity contribution >= 4 is 11.6 Å². The smallest absolute Gasteiger partial charge is 0.262 e. The zero-order chi connectivity index (χ0) is 14.4. The van der Waals surface area contributed by atoms with E-state index < -0.39 is 6.10 Å². The minimum Gasteiger partial charge on any atom is -0.483 e. The van der Waals surface area contributed by atoms with Gasteiger partial charge in [-0.3, -0.25) is 4.79 Å². The fraction of sp³-hybridized carbons (Fsp3) is 0.188. The third-order valence-corrected chi connectivity index (χ3v) is 2.79. The first-order chi connectivity index (χ1) is 9.66. The maximum Gasteiger partial charge on any atom is 0.262 e. The van der Waals surface area contributed by atoms with Gasteiger partial charge in [0.1, 0.15) is 5.75 Å². The van der Waals surface area contributed by atoms with Crippen LogP contribution in [0.1, 0.15) is 18.6 Å². The van der Waals surface area contributed by atoms with Crippen LogP contribution in [0.5, 0.6) is 5.75 Å². The molecule has 104 valence electrons. The summed E-state index contributed by atoms with van der Waals surface area (Å²) in [7, 11) is 0. The number of amides is 1. The highest BCUT2D eigenvalue weighted by atomic mass is 16.5. The molecule has 0 aromatic heterocycles. The second-order valence-electron chi connectivity index (χ2n) is 4.42. The molecule has 0 bridgehead atoms. The van der Waals surface area contributed by atoms with Crippen molar-refractivity contribution in [2.24, 2.45) is 0 Å². The zero-order valence-electron chi connectivity index (χ0n) is 11.2.